The van der Waals surface area contributed by atoms with Crippen molar-refractivity contribution in [3.8, 4) is 28.1 Å². The maximum Gasteiger partial charge on any atom is 0.238 e. The fourth-order valence-electron chi connectivity index (χ4n) is 3.12. The molecular weight excluding hydrogens is 369 g/mol. The van der Waals surface area contributed by atoms with E-state index in [1.807, 2.05) is 13.8 Å². The molecule has 142 valence electrons. The highest BCUT2D eigenvalue weighted by molar-refractivity contribution is 7.89. The highest BCUT2D eigenvalue weighted by Crippen LogP contribution is 2.38. The quantitative estimate of drug-likeness (QED) is 0.725. The maximum atomic E-state index is 14.3. The van der Waals surface area contributed by atoms with Gasteiger partial charge in [0.05, 0.1) is 12.0 Å². The number of methoxy groups -OCH3 is 1. The monoisotopic (exact) mass is 389 g/mol. The SMILES string of the molecule is CCn1nc(-c2ccccc2S(N)(=O)=O)c(-c2ccc(OC)c(F)c2)c1C. The lowest BCUT2D eigenvalue weighted by Gasteiger charge is -2.10. The second-order valence-corrected chi connectivity index (χ2v) is 7.55. The maximum absolute atomic E-state index is 14.3. The lowest BCUT2D eigenvalue weighted by Crippen LogP contribution is -2.13. The minimum absolute atomic E-state index is 0.0269. The molecule has 1 heterocycles. The second-order valence-electron chi connectivity index (χ2n) is 6.02. The van der Waals surface area contributed by atoms with Crippen molar-refractivity contribution < 1.29 is 17.5 Å². The Labute approximate surface area is 157 Å². The molecule has 0 aliphatic carbocycles. The van der Waals surface area contributed by atoms with E-state index >= 15 is 0 Å². The third kappa shape index (κ3) is 3.45. The number of nitrogens with two attached hydrogens (primary N) is 1. The molecule has 3 rings (SSSR count). The number of hydrogen-bond donors (Lipinski definition) is 1. The number of aryl methyl sites for hydroxylation is 1. The van der Waals surface area contributed by atoms with Crippen molar-refractivity contribution in [3.05, 3.63) is 54.0 Å². The summed E-state index contributed by atoms with van der Waals surface area (Å²) in [6, 6.07) is 11.0. The lowest BCUT2D eigenvalue weighted by atomic mass is 9.99. The van der Waals surface area contributed by atoms with Gasteiger partial charge in [-0.05, 0) is 37.6 Å². The summed E-state index contributed by atoms with van der Waals surface area (Å²) in [6.07, 6.45) is 0. The molecule has 0 spiro atoms. The molecule has 0 amide bonds. The number of rotatable bonds is 5. The molecule has 0 fully saturated rings. The molecular formula is C19H20FN3O3S. The van der Waals surface area contributed by atoms with Gasteiger partial charge in [0.25, 0.3) is 0 Å². The van der Waals surface area contributed by atoms with Crippen molar-refractivity contribution in [2.45, 2.75) is 25.3 Å². The van der Waals surface area contributed by atoms with E-state index in [1.54, 1.807) is 28.9 Å². The molecule has 0 radical (unpaired) electrons. The summed E-state index contributed by atoms with van der Waals surface area (Å²) in [5.74, 6) is -0.380. The smallest absolute Gasteiger partial charge is 0.238 e. The summed E-state index contributed by atoms with van der Waals surface area (Å²) in [6.45, 7) is 4.36. The number of nitrogens with zero attached hydrogens (tertiary/aromatic N) is 2. The third-order valence-corrected chi connectivity index (χ3v) is 5.36. The first-order valence-electron chi connectivity index (χ1n) is 8.31. The van der Waals surface area contributed by atoms with Crippen LogP contribution in [0.5, 0.6) is 5.75 Å². The number of ether oxygens (including phenoxy) is 1. The van der Waals surface area contributed by atoms with E-state index in [9.17, 15) is 12.8 Å². The fraction of sp³-hybridized carbons (Fsp3) is 0.211. The molecule has 8 heteroatoms. The van der Waals surface area contributed by atoms with E-state index in [0.717, 1.165) is 5.69 Å². The van der Waals surface area contributed by atoms with Gasteiger partial charge in [0.1, 0.15) is 5.69 Å². The number of sulfonamides is 1. The molecule has 2 N–H and O–H groups in total. The Morgan fingerprint density at radius 3 is 2.52 bits per heavy atom. The topological polar surface area (TPSA) is 87.2 Å². The van der Waals surface area contributed by atoms with E-state index in [2.05, 4.69) is 5.10 Å². The Morgan fingerprint density at radius 2 is 1.93 bits per heavy atom. The van der Waals surface area contributed by atoms with Gasteiger partial charge in [0.15, 0.2) is 11.6 Å². The van der Waals surface area contributed by atoms with Crippen LogP contribution in [-0.2, 0) is 16.6 Å². The second kappa shape index (κ2) is 7.13. The summed E-state index contributed by atoms with van der Waals surface area (Å²) in [5.41, 5.74) is 2.82. The normalized spacial score (nSPS) is 11.6. The van der Waals surface area contributed by atoms with Gasteiger partial charge in [-0.2, -0.15) is 5.10 Å². The Kier molecular flexibility index (Phi) is 5.03. The van der Waals surface area contributed by atoms with E-state index < -0.39 is 15.8 Å². The molecule has 1 aromatic heterocycles. The standard InChI is InChI=1S/C19H20FN3O3S/c1-4-23-12(2)18(13-9-10-16(26-3)15(20)11-13)19(22-23)14-7-5-6-8-17(14)27(21,24)25/h5-11H,4H2,1-3H3,(H2,21,24,25). The van der Waals surface area contributed by atoms with E-state index in [0.29, 0.717) is 28.9 Å². The molecule has 27 heavy (non-hydrogen) atoms. The van der Waals surface area contributed by atoms with Crippen LogP contribution in [0.3, 0.4) is 0 Å². The van der Waals surface area contributed by atoms with Crippen LogP contribution in [0.4, 0.5) is 4.39 Å². The molecule has 0 aliphatic rings. The fourth-order valence-corrected chi connectivity index (χ4v) is 3.86. The van der Waals surface area contributed by atoms with Crippen molar-refractivity contribution in [3.63, 3.8) is 0 Å². The van der Waals surface area contributed by atoms with Crippen LogP contribution in [0.15, 0.2) is 47.4 Å². The van der Waals surface area contributed by atoms with Crippen LogP contribution in [0.25, 0.3) is 22.4 Å². The highest BCUT2D eigenvalue weighted by atomic mass is 32.2. The lowest BCUT2D eigenvalue weighted by molar-refractivity contribution is 0.386. The van der Waals surface area contributed by atoms with Gasteiger partial charge in [0.2, 0.25) is 10.0 Å². The number of hydrogen-bond acceptors (Lipinski definition) is 4. The molecule has 2 aromatic carbocycles. The first-order valence-corrected chi connectivity index (χ1v) is 9.86. The van der Waals surface area contributed by atoms with Crippen molar-refractivity contribution in [2.24, 2.45) is 5.14 Å². The van der Waals surface area contributed by atoms with Crippen LogP contribution >= 0.6 is 0 Å². The van der Waals surface area contributed by atoms with E-state index in [4.69, 9.17) is 9.88 Å². The largest absolute Gasteiger partial charge is 0.494 e. The van der Waals surface area contributed by atoms with Gasteiger partial charge >= 0.3 is 0 Å². The molecule has 3 aromatic rings. The first-order chi connectivity index (χ1) is 12.8. The minimum Gasteiger partial charge on any atom is -0.494 e. The van der Waals surface area contributed by atoms with Crippen molar-refractivity contribution >= 4 is 10.0 Å². The molecule has 6 nitrogen and oxygen atoms in total. The Bertz CT molecular complexity index is 1110. The van der Waals surface area contributed by atoms with Crippen LogP contribution < -0.4 is 9.88 Å². The number of halogens is 1. The van der Waals surface area contributed by atoms with Gasteiger partial charge < -0.3 is 4.74 Å². The predicted molar refractivity (Wildman–Crippen MR) is 101 cm³/mol. The van der Waals surface area contributed by atoms with Gasteiger partial charge in [-0.3, -0.25) is 4.68 Å². The molecule has 0 aliphatic heterocycles. The Hall–Kier alpha value is -2.71. The van der Waals surface area contributed by atoms with Crippen molar-refractivity contribution in [1.82, 2.24) is 9.78 Å². The van der Waals surface area contributed by atoms with Gasteiger partial charge in [-0.1, -0.05) is 24.3 Å². The Balaban J connectivity index is 2.33. The summed E-state index contributed by atoms with van der Waals surface area (Å²) >= 11 is 0. The zero-order valence-corrected chi connectivity index (χ0v) is 16.0. The number of primary sulfonamides is 1. The summed E-state index contributed by atoms with van der Waals surface area (Å²) in [7, 11) is -2.56. The minimum atomic E-state index is -3.95. The van der Waals surface area contributed by atoms with Crippen molar-refractivity contribution in [2.75, 3.05) is 7.11 Å². The van der Waals surface area contributed by atoms with E-state index in [1.165, 1.54) is 25.3 Å². The van der Waals surface area contributed by atoms with E-state index in [-0.39, 0.29) is 10.6 Å². The van der Waals surface area contributed by atoms with Gasteiger partial charge in [-0.25, -0.2) is 17.9 Å². The summed E-state index contributed by atoms with van der Waals surface area (Å²) in [4.78, 5) is -0.0269. The van der Waals surface area contributed by atoms with Crippen LogP contribution in [0.1, 0.15) is 12.6 Å². The van der Waals surface area contributed by atoms with Gasteiger partial charge in [0, 0.05) is 23.4 Å². The average molecular weight is 389 g/mol. The number of aromatic nitrogens is 2. The summed E-state index contributed by atoms with van der Waals surface area (Å²) < 4.78 is 45.1. The van der Waals surface area contributed by atoms with Crippen molar-refractivity contribution in [1.29, 1.82) is 0 Å². The Morgan fingerprint density at radius 1 is 1.22 bits per heavy atom. The molecule has 0 saturated heterocycles. The highest BCUT2D eigenvalue weighted by Gasteiger charge is 2.23. The first kappa shape index (κ1) is 19.1. The zero-order chi connectivity index (χ0) is 19.8. The predicted octanol–water partition coefficient (Wildman–Crippen LogP) is 3.34. The van der Waals surface area contributed by atoms with Crippen LogP contribution in [0.2, 0.25) is 0 Å². The molecule has 0 atom stereocenters. The third-order valence-electron chi connectivity index (χ3n) is 4.40. The summed E-state index contributed by atoms with van der Waals surface area (Å²) in [5, 5.41) is 9.95. The average Bonchev–Trinajstić information content (AvgIpc) is 2.97. The zero-order valence-electron chi connectivity index (χ0n) is 15.2. The number of benzene rings is 2. The molecule has 0 unspecified atom stereocenters. The molecule has 0 saturated carbocycles. The molecule has 0 bridgehead atoms. The van der Waals surface area contributed by atoms with Gasteiger partial charge in [-0.15, -0.1) is 0 Å². The van der Waals surface area contributed by atoms with Crippen LogP contribution in [-0.4, -0.2) is 25.3 Å². The van der Waals surface area contributed by atoms with Crippen LogP contribution in [0, 0.1) is 12.7 Å².